The second-order valence-corrected chi connectivity index (χ2v) is 24.2. The number of anilines is 10. The molecule has 418 valence electrons. The quantitative estimate of drug-likeness (QED) is 0.136. The molecule has 0 amide bonds. The van der Waals surface area contributed by atoms with Gasteiger partial charge in [0.2, 0.25) is 0 Å². The summed E-state index contributed by atoms with van der Waals surface area (Å²) >= 11 is 0. The van der Waals surface area contributed by atoms with Gasteiger partial charge in [0, 0.05) is 67.1 Å². The van der Waals surface area contributed by atoms with Gasteiger partial charge in [-0.05, 0) is 140 Å². The molecule has 0 spiro atoms. The smallest absolute Gasteiger partial charge is 0.158 e. The van der Waals surface area contributed by atoms with E-state index >= 15 is 0 Å². The summed E-state index contributed by atoms with van der Waals surface area (Å²) in [5.41, 5.74) is 17.9. The zero-order valence-corrected chi connectivity index (χ0v) is 49.0. The summed E-state index contributed by atoms with van der Waals surface area (Å²) in [6, 6.07) is 76.3. The van der Waals surface area contributed by atoms with E-state index in [0.29, 0.717) is 28.5 Å². The average molecular weight is 1120 g/mol. The number of aryl methyl sites for hydroxylation is 1. The Labute approximate surface area is 517 Å². The summed E-state index contributed by atoms with van der Waals surface area (Å²) in [6.07, 6.45) is 3.47. The summed E-state index contributed by atoms with van der Waals surface area (Å²) < 4.78 is 72.4. The summed E-state index contributed by atoms with van der Waals surface area (Å²) in [5.74, 6) is 1.07. The molecule has 2 aliphatic heterocycles. The Morgan fingerprint density at radius 2 is 1.02 bits per heavy atom. The predicted molar refractivity (Wildman–Crippen MR) is 362 cm³/mol. The van der Waals surface area contributed by atoms with Crippen LogP contribution in [0.15, 0.2) is 273 Å². The Kier molecular flexibility index (Phi) is 11.4. The van der Waals surface area contributed by atoms with E-state index < -0.39 is 25.0 Å². The number of aromatic nitrogens is 2. The van der Waals surface area contributed by atoms with Crippen molar-refractivity contribution in [3.8, 4) is 66.8 Å². The van der Waals surface area contributed by atoms with Crippen LogP contribution in [-0.2, 0) is 10.8 Å². The summed E-state index contributed by atoms with van der Waals surface area (Å²) in [5, 5.41) is 0. The Morgan fingerprint density at radius 1 is 0.419 bits per heavy atom. The SMILES string of the molecule is [2H]c1c([2H])c([2H])c(-c2cccc(-c3cc(C(C)(C)C)cc(C(C)(C)C)c3)c2N2CN(c3cc(-c4ccccc4)cc(N(c4ccccc4)c4ccc5c(c4)N(c4cc(C([2H])([2H])[2H])c(-c6ccccc6)cn4)c4ccccc4-c4ccccc4-5)c3)c3cccnc32)c([2H])c1[2H]. The Bertz CT molecular complexity index is 4870. The fourth-order valence-corrected chi connectivity index (χ4v) is 12.2. The molecule has 4 heterocycles. The second-order valence-electron chi connectivity index (χ2n) is 24.2. The van der Waals surface area contributed by atoms with Gasteiger partial charge in [-0.25, -0.2) is 9.97 Å². The topological polar surface area (TPSA) is 38.7 Å². The minimum absolute atomic E-state index is 0.0951. The summed E-state index contributed by atoms with van der Waals surface area (Å²) in [6.45, 7) is 11.0. The van der Waals surface area contributed by atoms with E-state index in [1.807, 2.05) is 103 Å². The standard InChI is InChI=1S/C80H68N6/c1-54-44-76(82-52-72(54)57-30-16-10-17-31-57)86-73-39-23-22-36-70(73)68-34-20-21-35-69(68)71-42-41-63(51-75(71)86)85(62-32-18-11-19-33-62)65-48-58(55-26-12-8-13-27-55)47-64(50-65)83-53-84(78-74(83)40-25-43-81-78)77-66(56-28-14-9-15-29-56)37-24-38-67(77)59-45-60(79(2,3)4)49-61(46-59)80(5,6)7/h8-52H,53H2,1-7H3/i1D3,9D,14D,15D,28D,29D. The van der Waals surface area contributed by atoms with Crippen molar-refractivity contribution in [2.75, 3.05) is 26.3 Å². The largest absolute Gasteiger partial charge is 0.320 e. The zero-order valence-electron chi connectivity index (χ0n) is 57.0. The monoisotopic (exact) mass is 1120 g/mol. The van der Waals surface area contributed by atoms with Crippen molar-refractivity contribution < 1.29 is 11.0 Å². The van der Waals surface area contributed by atoms with Crippen molar-refractivity contribution >= 4 is 57.1 Å². The predicted octanol–water partition coefficient (Wildman–Crippen LogP) is 21.9. The van der Waals surface area contributed by atoms with Gasteiger partial charge in [-0.15, -0.1) is 0 Å². The van der Waals surface area contributed by atoms with E-state index in [0.717, 1.165) is 101 Å². The van der Waals surface area contributed by atoms with E-state index in [-0.39, 0.29) is 40.7 Å². The molecule has 6 nitrogen and oxygen atoms in total. The number of para-hydroxylation sites is 3. The van der Waals surface area contributed by atoms with Crippen molar-refractivity contribution in [3.05, 3.63) is 290 Å². The molecule has 0 saturated carbocycles. The highest BCUT2D eigenvalue weighted by molar-refractivity contribution is 6.04. The summed E-state index contributed by atoms with van der Waals surface area (Å²) in [4.78, 5) is 19.1. The molecule has 2 aromatic heterocycles. The molecule has 0 fully saturated rings. The lowest BCUT2D eigenvalue weighted by atomic mass is 9.78. The maximum atomic E-state index is 9.48. The number of nitrogens with zero attached hydrogens (tertiary/aromatic N) is 6. The lowest BCUT2D eigenvalue weighted by molar-refractivity contribution is 0.569. The van der Waals surface area contributed by atoms with Crippen LogP contribution in [0.25, 0.3) is 66.8 Å². The van der Waals surface area contributed by atoms with Crippen LogP contribution in [-0.4, -0.2) is 16.6 Å². The lowest BCUT2D eigenvalue weighted by Gasteiger charge is -2.31. The number of hydrogen-bond donors (Lipinski definition) is 0. The maximum Gasteiger partial charge on any atom is 0.158 e. The van der Waals surface area contributed by atoms with Crippen LogP contribution >= 0.6 is 0 Å². The normalized spacial score (nSPS) is 14.2. The third-order valence-corrected chi connectivity index (χ3v) is 16.6. The highest BCUT2D eigenvalue weighted by Crippen LogP contribution is 2.55. The van der Waals surface area contributed by atoms with E-state index in [1.165, 1.54) is 0 Å². The minimum atomic E-state index is -2.49. The molecule has 2 aliphatic rings. The van der Waals surface area contributed by atoms with Crippen LogP contribution in [0.2, 0.25) is 0 Å². The first-order valence-electron chi connectivity index (χ1n) is 33.2. The van der Waals surface area contributed by atoms with Crippen LogP contribution in [0.1, 0.15) is 69.2 Å². The molecule has 10 aromatic carbocycles. The van der Waals surface area contributed by atoms with Crippen LogP contribution in [0, 0.1) is 6.85 Å². The highest BCUT2D eigenvalue weighted by Gasteiger charge is 2.35. The number of hydrogen-bond acceptors (Lipinski definition) is 6. The molecule has 0 bridgehead atoms. The van der Waals surface area contributed by atoms with Crippen LogP contribution in [0.4, 0.5) is 57.1 Å². The molecule has 0 unspecified atom stereocenters. The Balaban J connectivity index is 0.990. The van der Waals surface area contributed by atoms with Gasteiger partial charge >= 0.3 is 0 Å². The highest BCUT2D eigenvalue weighted by atomic mass is 15.4. The first kappa shape index (κ1) is 45.2. The Hall–Kier alpha value is -10.3. The fourth-order valence-electron chi connectivity index (χ4n) is 12.2. The molecular formula is C80H68N6. The third-order valence-electron chi connectivity index (χ3n) is 16.6. The van der Waals surface area contributed by atoms with Crippen molar-refractivity contribution in [2.24, 2.45) is 0 Å². The van der Waals surface area contributed by atoms with E-state index in [9.17, 15) is 2.74 Å². The van der Waals surface area contributed by atoms with Gasteiger partial charge in [0.15, 0.2) is 5.82 Å². The molecular weight excluding hydrogens is 1040 g/mol. The van der Waals surface area contributed by atoms with Crippen molar-refractivity contribution in [3.63, 3.8) is 0 Å². The zero-order chi connectivity index (χ0) is 65.5. The van der Waals surface area contributed by atoms with Crippen LogP contribution < -0.4 is 19.6 Å². The first-order valence-corrected chi connectivity index (χ1v) is 29.2. The van der Waals surface area contributed by atoms with Crippen molar-refractivity contribution in [1.82, 2.24) is 9.97 Å². The van der Waals surface area contributed by atoms with Gasteiger partial charge in [0.25, 0.3) is 0 Å². The van der Waals surface area contributed by atoms with E-state index in [4.69, 9.17) is 18.2 Å². The van der Waals surface area contributed by atoms with Gasteiger partial charge in [-0.2, -0.15) is 0 Å². The van der Waals surface area contributed by atoms with Crippen molar-refractivity contribution in [1.29, 1.82) is 0 Å². The molecule has 0 saturated heterocycles. The van der Waals surface area contributed by atoms with Gasteiger partial charge < -0.3 is 14.7 Å². The summed E-state index contributed by atoms with van der Waals surface area (Å²) in [7, 11) is 0. The second kappa shape index (κ2) is 21.7. The van der Waals surface area contributed by atoms with Gasteiger partial charge in [-0.3, -0.25) is 4.90 Å². The van der Waals surface area contributed by atoms with E-state index in [2.05, 4.69) is 182 Å². The average Bonchev–Trinajstić information content (AvgIpc) is 1.47. The molecule has 6 heteroatoms. The number of fused-ring (bicyclic) bond motifs is 6. The molecule has 0 radical (unpaired) electrons. The van der Waals surface area contributed by atoms with Crippen molar-refractivity contribution in [2.45, 2.75) is 59.2 Å². The number of pyridine rings is 2. The lowest BCUT2D eigenvalue weighted by Crippen LogP contribution is -2.25. The molecule has 0 atom stereocenters. The molecule has 0 aliphatic carbocycles. The third kappa shape index (κ3) is 9.87. The molecule has 12 aromatic rings. The fraction of sp³-hybridized carbons (Fsp3) is 0.125. The van der Waals surface area contributed by atoms with E-state index in [1.54, 1.807) is 18.5 Å². The Morgan fingerprint density at radius 3 is 1.71 bits per heavy atom. The van der Waals surface area contributed by atoms with Gasteiger partial charge in [0.1, 0.15) is 12.5 Å². The molecule has 14 rings (SSSR count). The van der Waals surface area contributed by atoms with Crippen LogP contribution in [0.3, 0.4) is 0 Å². The maximum absolute atomic E-state index is 9.48. The van der Waals surface area contributed by atoms with Gasteiger partial charge in [0.05, 0.1) is 29.6 Å². The minimum Gasteiger partial charge on any atom is -0.320 e. The van der Waals surface area contributed by atoms with Crippen LogP contribution in [0.5, 0.6) is 0 Å². The van der Waals surface area contributed by atoms with Gasteiger partial charge in [-0.1, -0.05) is 236 Å². The first-order chi connectivity index (χ1) is 45.1. The molecule has 0 N–H and O–H groups in total. The number of rotatable bonds is 10. The molecule has 86 heavy (non-hydrogen) atoms. The number of benzene rings is 10.